The quantitative estimate of drug-likeness (QED) is 0.615. The number of likely N-dealkylation sites (tertiary alicyclic amines) is 1. The van der Waals surface area contributed by atoms with E-state index in [0.29, 0.717) is 12.3 Å². The largest absolute Gasteiger partial charge is 0.385 e. The van der Waals surface area contributed by atoms with E-state index in [0.717, 1.165) is 26.1 Å². The summed E-state index contributed by atoms with van der Waals surface area (Å²) in [6, 6.07) is 0. The van der Waals surface area contributed by atoms with Crippen molar-refractivity contribution in [1.82, 2.24) is 4.90 Å². The van der Waals surface area contributed by atoms with E-state index >= 15 is 0 Å². The Morgan fingerprint density at radius 2 is 2.38 bits per heavy atom. The van der Waals surface area contributed by atoms with Crippen LogP contribution in [0.2, 0.25) is 0 Å². The molecule has 13 heavy (non-hydrogen) atoms. The van der Waals surface area contributed by atoms with Gasteiger partial charge in [0.05, 0.1) is 6.10 Å². The first kappa shape index (κ1) is 9.44. The molecule has 0 N–H and O–H groups in total. The van der Waals surface area contributed by atoms with Gasteiger partial charge in [-0.1, -0.05) is 0 Å². The maximum Gasteiger partial charge on any atom is 0.111 e. The number of hydrogen-bond acceptors (Lipinski definition) is 3. The minimum Gasteiger partial charge on any atom is -0.385 e. The van der Waals surface area contributed by atoms with Crippen LogP contribution in [0.25, 0.3) is 0 Å². The normalized spacial score (nSPS) is 33.9. The zero-order chi connectivity index (χ0) is 9.10. The summed E-state index contributed by atoms with van der Waals surface area (Å²) in [6.45, 7) is 3.15. The van der Waals surface area contributed by atoms with Crippen LogP contribution in [0.5, 0.6) is 0 Å². The molecule has 2 heterocycles. The van der Waals surface area contributed by atoms with Gasteiger partial charge >= 0.3 is 0 Å². The van der Waals surface area contributed by atoms with E-state index in [-0.39, 0.29) is 0 Å². The van der Waals surface area contributed by atoms with Gasteiger partial charge in [-0.2, -0.15) is 0 Å². The summed E-state index contributed by atoms with van der Waals surface area (Å²) in [4.78, 5) is 2.47. The fraction of sp³-hybridized carbons (Fsp3) is 1.00. The zero-order valence-corrected chi connectivity index (χ0v) is 8.37. The minimum absolute atomic E-state index is 0.426. The maximum atomic E-state index is 5.83. The van der Waals surface area contributed by atoms with Gasteiger partial charge in [0.15, 0.2) is 0 Å². The zero-order valence-electron chi connectivity index (χ0n) is 8.37. The lowest BCUT2D eigenvalue weighted by atomic mass is 10.1. The van der Waals surface area contributed by atoms with Crippen LogP contribution < -0.4 is 0 Å². The second kappa shape index (κ2) is 4.40. The van der Waals surface area contributed by atoms with Crippen molar-refractivity contribution in [1.29, 1.82) is 0 Å². The molecule has 0 aromatic carbocycles. The lowest BCUT2D eigenvalue weighted by molar-refractivity contribution is -0.0343. The Balaban J connectivity index is 1.74. The van der Waals surface area contributed by atoms with Gasteiger partial charge in [-0.3, -0.25) is 4.90 Å². The van der Waals surface area contributed by atoms with Crippen LogP contribution in [-0.2, 0) is 9.47 Å². The first-order valence-electron chi connectivity index (χ1n) is 5.28. The van der Waals surface area contributed by atoms with Crippen molar-refractivity contribution in [3.05, 3.63) is 0 Å². The average Bonchev–Trinajstić information content (AvgIpc) is 2.42. The molecule has 3 heteroatoms. The molecule has 2 rings (SSSR count). The highest BCUT2D eigenvalue weighted by Gasteiger charge is 2.35. The fourth-order valence-corrected chi connectivity index (χ4v) is 2.31. The number of nitrogens with zero attached hydrogens (tertiary/aromatic N) is 1. The van der Waals surface area contributed by atoms with E-state index in [2.05, 4.69) is 4.90 Å². The number of ether oxygens (including phenoxy) is 2. The van der Waals surface area contributed by atoms with Crippen molar-refractivity contribution in [2.45, 2.75) is 38.0 Å². The molecular formula is C10H19NO2. The van der Waals surface area contributed by atoms with E-state index in [1.807, 2.05) is 0 Å². The number of rotatable bonds is 4. The summed E-state index contributed by atoms with van der Waals surface area (Å²) in [5.41, 5.74) is 0. The van der Waals surface area contributed by atoms with Gasteiger partial charge in [-0.15, -0.1) is 0 Å². The van der Waals surface area contributed by atoms with Gasteiger partial charge in [0.2, 0.25) is 0 Å². The lowest BCUT2D eigenvalue weighted by Crippen LogP contribution is -2.31. The van der Waals surface area contributed by atoms with Crippen LogP contribution in [-0.4, -0.2) is 44.0 Å². The molecule has 2 fully saturated rings. The third-order valence-electron chi connectivity index (χ3n) is 2.97. The summed E-state index contributed by atoms with van der Waals surface area (Å²) in [6.07, 6.45) is 5.91. The van der Waals surface area contributed by atoms with E-state index in [4.69, 9.17) is 9.47 Å². The Morgan fingerprint density at radius 3 is 3.15 bits per heavy atom. The second-order valence-corrected chi connectivity index (χ2v) is 3.98. The summed E-state index contributed by atoms with van der Waals surface area (Å²) >= 11 is 0. The molecule has 2 bridgehead atoms. The van der Waals surface area contributed by atoms with Gasteiger partial charge < -0.3 is 9.47 Å². The van der Waals surface area contributed by atoms with Crippen LogP contribution >= 0.6 is 0 Å². The lowest BCUT2D eigenvalue weighted by Gasteiger charge is -2.23. The smallest absolute Gasteiger partial charge is 0.111 e. The van der Waals surface area contributed by atoms with Crippen molar-refractivity contribution in [2.75, 3.05) is 26.8 Å². The Morgan fingerprint density at radius 1 is 1.46 bits per heavy atom. The molecule has 0 amide bonds. The Bertz CT molecular complexity index is 163. The molecule has 0 aliphatic carbocycles. The number of hydrogen-bond donors (Lipinski definition) is 0. The van der Waals surface area contributed by atoms with Crippen LogP contribution in [0.1, 0.15) is 25.7 Å². The third-order valence-corrected chi connectivity index (χ3v) is 2.97. The topological polar surface area (TPSA) is 21.7 Å². The summed E-state index contributed by atoms with van der Waals surface area (Å²) in [7, 11) is 1.76. The van der Waals surface area contributed by atoms with E-state index in [1.54, 1.807) is 7.11 Å². The van der Waals surface area contributed by atoms with Gasteiger partial charge in [0, 0.05) is 26.8 Å². The molecule has 76 valence electrons. The van der Waals surface area contributed by atoms with Crippen molar-refractivity contribution < 1.29 is 9.47 Å². The summed E-state index contributed by atoms with van der Waals surface area (Å²) in [5, 5.41) is 0. The Labute approximate surface area is 80.0 Å². The van der Waals surface area contributed by atoms with Crippen molar-refractivity contribution in [3.63, 3.8) is 0 Å². The summed E-state index contributed by atoms with van der Waals surface area (Å²) in [5.74, 6) is 0. The number of methoxy groups -OCH3 is 1. The Hall–Kier alpha value is -0.120. The highest BCUT2D eigenvalue weighted by atomic mass is 16.5. The van der Waals surface area contributed by atoms with Crippen LogP contribution in [0, 0.1) is 0 Å². The fourth-order valence-electron chi connectivity index (χ4n) is 2.31. The van der Waals surface area contributed by atoms with Gasteiger partial charge in [-0.25, -0.2) is 0 Å². The molecule has 3 nitrogen and oxygen atoms in total. The predicted octanol–water partition coefficient (Wildman–Crippen LogP) is 1.23. The monoisotopic (exact) mass is 185 g/mol. The molecule has 0 aromatic rings. The minimum atomic E-state index is 0.426. The first-order chi connectivity index (χ1) is 6.40. The SMILES string of the molecule is COCCCN1CC2CCCC1O2. The molecule has 0 spiro atoms. The van der Waals surface area contributed by atoms with Crippen molar-refractivity contribution in [2.24, 2.45) is 0 Å². The standard InChI is InChI=1S/C10H19NO2/c1-12-7-3-6-11-8-9-4-2-5-10(11)13-9/h9-10H,2-8H2,1H3. The van der Waals surface area contributed by atoms with Crippen molar-refractivity contribution >= 4 is 0 Å². The van der Waals surface area contributed by atoms with E-state index in [1.165, 1.54) is 19.3 Å². The molecule has 0 saturated carbocycles. The predicted molar refractivity (Wildman–Crippen MR) is 50.6 cm³/mol. The molecule has 2 atom stereocenters. The second-order valence-electron chi connectivity index (χ2n) is 3.98. The van der Waals surface area contributed by atoms with Gasteiger partial charge in [0.25, 0.3) is 0 Å². The molecular weight excluding hydrogens is 166 g/mol. The van der Waals surface area contributed by atoms with Crippen molar-refractivity contribution in [3.8, 4) is 0 Å². The summed E-state index contributed by atoms with van der Waals surface area (Å²) < 4.78 is 10.9. The van der Waals surface area contributed by atoms with Crippen LogP contribution in [0.4, 0.5) is 0 Å². The average molecular weight is 185 g/mol. The molecule has 0 aromatic heterocycles. The van der Waals surface area contributed by atoms with Crippen LogP contribution in [0.3, 0.4) is 0 Å². The maximum absolute atomic E-state index is 5.83. The molecule has 2 saturated heterocycles. The number of fused-ring (bicyclic) bond motifs is 2. The Kier molecular flexibility index (Phi) is 3.19. The van der Waals surface area contributed by atoms with Gasteiger partial charge in [0.1, 0.15) is 6.23 Å². The molecule has 2 aliphatic heterocycles. The first-order valence-corrected chi connectivity index (χ1v) is 5.28. The third kappa shape index (κ3) is 2.22. The molecule has 2 aliphatic rings. The van der Waals surface area contributed by atoms with Crippen LogP contribution in [0.15, 0.2) is 0 Å². The molecule has 2 unspecified atom stereocenters. The van der Waals surface area contributed by atoms with E-state index < -0.39 is 0 Å². The highest BCUT2D eigenvalue weighted by molar-refractivity contribution is 4.82. The van der Waals surface area contributed by atoms with Gasteiger partial charge in [-0.05, 0) is 25.7 Å². The van der Waals surface area contributed by atoms with E-state index in [9.17, 15) is 0 Å². The molecule has 0 radical (unpaired) electrons. The highest BCUT2D eigenvalue weighted by Crippen LogP contribution is 2.29.